The maximum absolute atomic E-state index is 11.8. The van der Waals surface area contributed by atoms with Crippen molar-refractivity contribution in [1.82, 2.24) is 10.2 Å². The zero-order valence-corrected chi connectivity index (χ0v) is 12.4. The van der Waals surface area contributed by atoms with Crippen molar-refractivity contribution >= 4 is 17.8 Å². The van der Waals surface area contributed by atoms with E-state index in [0.29, 0.717) is 6.54 Å². The molecule has 0 aliphatic heterocycles. The van der Waals surface area contributed by atoms with Crippen LogP contribution in [0.25, 0.3) is 0 Å². The highest BCUT2D eigenvalue weighted by atomic mass is 16.5. The van der Waals surface area contributed by atoms with Gasteiger partial charge in [0.05, 0.1) is 7.11 Å². The molecule has 1 N–H and O–H groups in total. The van der Waals surface area contributed by atoms with Gasteiger partial charge >= 0.3 is 5.97 Å². The molecule has 0 radical (unpaired) electrons. The number of carbonyl (C=O) groups is 3. The summed E-state index contributed by atoms with van der Waals surface area (Å²) in [5.74, 6) is -0.729. The Morgan fingerprint density at radius 1 is 1.21 bits per heavy atom. The minimum absolute atomic E-state index is 0.0565. The summed E-state index contributed by atoms with van der Waals surface area (Å²) >= 11 is 0. The van der Waals surface area contributed by atoms with Gasteiger partial charge in [-0.3, -0.25) is 14.4 Å². The Kier molecular flexibility index (Phi) is 7.11. The molecule has 6 heteroatoms. The maximum atomic E-state index is 11.8. The number of hydrogen-bond acceptors (Lipinski definition) is 4. The van der Waals surface area contributed by atoms with E-state index in [1.165, 1.54) is 12.0 Å². The summed E-state index contributed by atoms with van der Waals surface area (Å²) in [5, 5.41) is 2.70. The minimum Gasteiger partial charge on any atom is -0.468 e. The molecular weight excluding hydrogens is 248 g/mol. The van der Waals surface area contributed by atoms with Crippen LogP contribution >= 0.6 is 0 Å². The second-order valence-corrected chi connectivity index (χ2v) is 5.24. The molecule has 0 bridgehead atoms. The molecule has 0 spiro atoms. The quantitative estimate of drug-likeness (QED) is 0.717. The number of methoxy groups -OCH3 is 1. The fourth-order valence-corrected chi connectivity index (χ4v) is 1.30. The molecule has 0 unspecified atom stereocenters. The molecule has 110 valence electrons. The molecule has 2 amide bonds. The number of hydrogen-bond donors (Lipinski definition) is 1. The highest BCUT2D eigenvalue weighted by molar-refractivity contribution is 5.84. The smallest absolute Gasteiger partial charge is 0.325 e. The predicted octanol–water partition coefficient (Wildman–Crippen LogP) is 0.560. The summed E-state index contributed by atoms with van der Waals surface area (Å²) in [6.45, 7) is 7.85. The highest BCUT2D eigenvalue weighted by Gasteiger charge is 2.21. The van der Waals surface area contributed by atoms with Crippen molar-refractivity contribution in [3.63, 3.8) is 0 Å². The topological polar surface area (TPSA) is 75.7 Å². The van der Waals surface area contributed by atoms with Gasteiger partial charge in [-0.1, -0.05) is 20.8 Å². The van der Waals surface area contributed by atoms with E-state index in [1.807, 2.05) is 0 Å². The van der Waals surface area contributed by atoms with Crippen LogP contribution in [0.2, 0.25) is 0 Å². The van der Waals surface area contributed by atoms with Crippen LogP contribution in [0, 0.1) is 5.41 Å². The van der Waals surface area contributed by atoms with E-state index in [9.17, 15) is 14.4 Å². The molecule has 0 aliphatic rings. The first-order chi connectivity index (χ1) is 8.72. The Labute approximate surface area is 114 Å². The van der Waals surface area contributed by atoms with Crippen LogP contribution in [0.1, 0.15) is 34.1 Å². The molecule has 6 nitrogen and oxygen atoms in total. The molecule has 0 aliphatic carbocycles. The summed E-state index contributed by atoms with van der Waals surface area (Å²) in [6.07, 6.45) is 0.173. The van der Waals surface area contributed by atoms with Gasteiger partial charge in [0.25, 0.3) is 0 Å². The van der Waals surface area contributed by atoms with E-state index in [4.69, 9.17) is 0 Å². The highest BCUT2D eigenvalue weighted by Crippen LogP contribution is 2.12. The average molecular weight is 272 g/mol. The van der Waals surface area contributed by atoms with E-state index in [1.54, 1.807) is 27.7 Å². The third kappa shape index (κ3) is 6.79. The van der Waals surface area contributed by atoms with E-state index < -0.39 is 11.4 Å². The number of likely N-dealkylation sites (N-methyl/N-ethyl adjacent to an activating group) is 1. The van der Waals surface area contributed by atoms with Gasteiger partial charge in [0, 0.05) is 24.9 Å². The summed E-state index contributed by atoms with van der Waals surface area (Å²) < 4.78 is 4.52. The second-order valence-electron chi connectivity index (χ2n) is 5.24. The third-order valence-electron chi connectivity index (χ3n) is 2.59. The van der Waals surface area contributed by atoms with Gasteiger partial charge < -0.3 is 15.0 Å². The van der Waals surface area contributed by atoms with Gasteiger partial charge in [-0.15, -0.1) is 0 Å². The zero-order chi connectivity index (χ0) is 15.1. The number of ether oxygens (including phenoxy) is 1. The molecule has 0 rings (SSSR count). The van der Waals surface area contributed by atoms with Gasteiger partial charge in [0.15, 0.2) is 0 Å². The lowest BCUT2D eigenvalue weighted by atomic mass is 9.96. The Balaban J connectivity index is 4.15. The normalized spacial score (nSPS) is 10.8. The van der Waals surface area contributed by atoms with Gasteiger partial charge in [-0.05, 0) is 6.92 Å². The van der Waals surface area contributed by atoms with Crippen LogP contribution in [0.3, 0.4) is 0 Å². The largest absolute Gasteiger partial charge is 0.468 e. The lowest BCUT2D eigenvalue weighted by molar-refractivity contribution is -0.147. The van der Waals surface area contributed by atoms with E-state index >= 15 is 0 Å². The minimum atomic E-state index is -0.473. The number of nitrogens with one attached hydrogen (secondary N) is 1. The van der Waals surface area contributed by atoms with E-state index in [-0.39, 0.29) is 31.3 Å². The molecule has 0 heterocycles. The predicted molar refractivity (Wildman–Crippen MR) is 71.4 cm³/mol. The number of esters is 1. The summed E-state index contributed by atoms with van der Waals surface area (Å²) in [4.78, 5) is 35.9. The third-order valence-corrected chi connectivity index (χ3v) is 2.59. The summed E-state index contributed by atoms with van der Waals surface area (Å²) in [6, 6.07) is 0. The maximum Gasteiger partial charge on any atom is 0.325 e. The van der Waals surface area contributed by atoms with Crippen LogP contribution in [-0.2, 0) is 19.1 Å². The van der Waals surface area contributed by atoms with Crippen molar-refractivity contribution in [2.45, 2.75) is 34.1 Å². The SMILES string of the molecule is CCN(CC(=O)OC)C(=O)CCNC(=O)C(C)(C)C. The molecule has 0 aromatic carbocycles. The van der Waals surface area contributed by atoms with Crippen LogP contribution in [-0.4, -0.2) is 49.4 Å². The van der Waals surface area contributed by atoms with Gasteiger partial charge in [-0.2, -0.15) is 0 Å². The Morgan fingerprint density at radius 3 is 2.21 bits per heavy atom. The number of rotatable bonds is 6. The molecule has 0 saturated carbocycles. The Morgan fingerprint density at radius 2 is 1.79 bits per heavy atom. The van der Waals surface area contributed by atoms with Crippen molar-refractivity contribution in [3.8, 4) is 0 Å². The van der Waals surface area contributed by atoms with Crippen molar-refractivity contribution in [3.05, 3.63) is 0 Å². The molecule has 0 atom stereocenters. The molecule has 0 aromatic heterocycles. The van der Waals surface area contributed by atoms with E-state index in [0.717, 1.165) is 0 Å². The van der Waals surface area contributed by atoms with Gasteiger partial charge in [-0.25, -0.2) is 0 Å². The molecule has 0 fully saturated rings. The lowest BCUT2D eigenvalue weighted by Gasteiger charge is -2.21. The monoisotopic (exact) mass is 272 g/mol. The summed E-state index contributed by atoms with van der Waals surface area (Å²) in [5.41, 5.74) is -0.473. The van der Waals surface area contributed by atoms with Crippen molar-refractivity contribution in [1.29, 1.82) is 0 Å². The van der Waals surface area contributed by atoms with Crippen LogP contribution in [0.5, 0.6) is 0 Å². The Bertz CT molecular complexity index is 334. The van der Waals surface area contributed by atoms with E-state index in [2.05, 4.69) is 10.1 Å². The summed E-state index contributed by atoms with van der Waals surface area (Å²) in [7, 11) is 1.28. The van der Waals surface area contributed by atoms with Gasteiger partial charge in [0.2, 0.25) is 11.8 Å². The standard InChI is InChI=1S/C13H24N2O4/c1-6-15(9-11(17)19-5)10(16)7-8-14-12(18)13(2,3)4/h6-9H2,1-5H3,(H,14,18). The average Bonchev–Trinajstić information content (AvgIpc) is 2.33. The number of carbonyl (C=O) groups excluding carboxylic acids is 3. The van der Waals surface area contributed by atoms with Crippen molar-refractivity contribution < 1.29 is 19.1 Å². The first kappa shape index (κ1) is 17.4. The fraction of sp³-hybridized carbons (Fsp3) is 0.769. The van der Waals surface area contributed by atoms with Gasteiger partial charge in [0.1, 0.15) is 6.54 Å². The van der Waals surface area contributed by atoms with Crippen molar-refractivity contribution in [2.75, 3.05) is 26.7 Å². The number of amides is 2. The zero-order valence-electron chi connectivity index (χ0n) is 12.4. The fourth-order valence-electron chi connectivity index (χ4n) is 1.30. The second kappa shape index (κ2) is 7.76. The lowest BCUT2D eigenvalue weighted by Crippen LogP contribution is -2.40. The van der Waals surface area contributed by atoms with Crippen molar-refractivity contribution in [2.24, 2.45) is 5.41 Å². The molecular formula is C13H24N2O4. The molecule has 0 saturated heterocycles. The number of nitrogens with zero attached hydrogens (tertiary/aromatic N) is 1. The van der Waals surface area contributed by atoms with Crippen LogP contribution in [0.4, 0.5) is 0 Å². The van der Waals surface area contributed by atoms with Crippen LogP contribution < -0.4 is 5.32 Å². The Hall–Kier alpha value is -1.59. The first-order valence-corrected chi connectivity index (χ1v) is 6.35. The molecule has 0 aromatic rings. The molecule has 19 heavy (non-hydrogen) atoms. The first-order valence-electron chi connectivity index (χ1n) is 6.35. The van der Waals surface area contributed by atoms with Crippen LogP contribution in [0.15, 0.2) is 0 Å².